The third-order valence-corrected chi connectivity index (χ3v) is 2.35. The fraction of sp³-hybridized carbons (Fsp3) is 0.300. The SMILES string of the molecule is CC(NCc1nn[nH]n1)c1ccc(O)cc1. The van der Waals surface area contributed by atoms with Crippen molar-refractivity contribution in [2.24, 2.45) is 0 Å². The summed E-state index contributed by atoms with van der Waals surface area (Å²) in [6.07, 6.45) is 0. The van der Waals surface area contributed by atoms with E-state index >= 15 is 0 Å². The summed E-state index contributed by atoms with van der Waals surface area (Å²) in [5.41, 5.74) is 1.10. The van der Waals surface area contributed by atoms with Gasteiger partial charge < -0.3 is 10.4 Å². The second-order valence-electron chi connectivity index (χ2n) is 3.52. The van der Waals surface area contributed by atoms with Gasteiger partial charge >= 0.3 is 0 Å². The average molecular weight is 219 g/mol. The predicted octanol–water partition coefficient (Wildman–Crippen LogP) is 0.756. The molecule has 0 amide bonds. The summed E-state index contributed by atoms with van der Waals surface area (Å²) < 4.78 is 0. The number of phenolic OH excluding ortho intramolecular Hbond substituents is 1. The van der Waals surface area contributed by atoms with Crippen LogP contribution in [0.5, 0.6) is 5.75 Å². The minimum absolute atomic E-state index is 0.166. The number of hydrogen-bond acceptors (Lipinski definition) is 5. The van der Waals surface area contributed by atoms with Gasteiger partial charge in [-0.25, -0.2) is 0 Å². The molecule has 6 nitrogen and oxygen atoms in total. The van der Waals surface area contributed by atoms with Crippen LogP contribution < -0.4 is 5.32 Å². The molecule has 2 rings (SSSR count). The molecule has 0 fully saturated rings. The predicted molar refractivity (Wildman–Crippen MR) is 57.5 cm³/mol. The van der Waals surface area contributed by atoms with Gasteiger partial charge in [-0.05, 0) is 24.6 Å². The van der Waals surface area contributed by atoms with Gasteiger partial charge in [-0.15, -0.1) is 10.2 Å². The number of rotatable bonds is 4. The number of aromatic nitrogens is 4. The van der Waals surface area contributed by atoms with Crippen molar-refractivity contribution in [2.45, 2.75) is 19.5 Å². The summed E-state index contributed by atoms with van der Waals surface area (Å²) >= 11 is 0. The van der Waals surface area contributed by atoms with Crippen LogP contribution in [0.25, 0.3) is 0 Å². The van der Waals surface area contributed by atoms with E-state index in [1.165, 1.54) is 0 Å². The number of aromatic amines is 1. The van der Waals surface area contributed by atoms with Crippen molar-refractivity contribution < 1.29 is 5.11 Å². The Labute approximate surface area is 92.7 Å². The minimum Gasteiger partial charge on any atom is -0.508 e. The number of benzene rings is 1. The minimum atomic E-state index is 0.166. The number of nitrogens with one attached hydrogen (secondary N) is 2. The van der Waals surface area contributed by atoms with Crippen LogP contribution in [0.1, 0.15) is 24.4 Å². The fourth-order valence-corrected chi connectivity index (χ4v) is 1.38. The van der Waals surface area contributed by atoms with E-state index in [0.29, 0.717) is 12.4 Å². The van der Waals surface area contributed by atoms with Crippen molar-refractivity contribution in [3.05, 3.63) is 35.7 Å². The molecule has 1 atom stereocenters. The molecule has 1 aromatic heterocycles. The smallest absolute Gasteiger partial charge is 0.188 e. The van der Waals surface area contributed by atoms with Crippen molar-refractivity contribution >= 4 is 0 Å². The maximum atomic E-state index is 9.17. The molecule has 84 valence electrons. The first-order valence-electron chi connectivity index (χ1n) is 5.00. The van der Waals surface area contributed by atoms with Gasteiger partial charge in [0.1, 0.15) is 5.75 Å². The number of aromatic hydroxyl groups is 1. The lowest BCUT2D eigenvalue weighted by Crippen LogP contribution is -2.18. The Morgan fingerprint density at radius 2 is 2.12 bits per heavy atom. The van der Waals surface area contributed by atoms with Crippen molar-refractivity contribution in [1.29, 1.82) is 0 Å². The number of hydrogen-bond donors (Lipinski definition) is 3. The highest BCUT2D eigenvalue weighted by Gasteiger charge is 2.06. The molecule has 1 aromatic carbocycles. The fourth-order valence-electron chi connectivity index (χ4n) is 1.38. The number of phenols is 1. The third-order valence-electron chi connectivity index (χ3n) is 2.35. The summed E-state index contributed by atoms with van der Waals surface area (Å²) in [6.45, 7) is 2.59. The molecule has 2 aromatic rings. The van der Waals surface area contributed by atoms with Crippen molar-refractivity contribution in [1.82, 2.24) is 25.9 Å². The van der Waals surface area contributed by atoms with Crippen molar-refractivity contribution in [2.75, 3.05) is 0 Å². The van der Waals surface area contributed by atoms with Gasteiger partial charge in [-0.1, -0.05) is 17.3 Å². The van der Waals surface area contributed by atoms with E-state index in [1.807, 2.05) is 19.1 Å². The summed E-state index contributed by atoms with van der Waals surface area (Å²) in [7, 11) is 0. The highest BCUT2D eigenvalue weighted by Crippen LogP contribution is 2.16. The van der Waals surface area contributed by atoms with Crippen molar-refractivity contribution in [3.8, 4) is 5.75 Å². The van der Waals surface area contributed by atoms with Crippen LogP contribution in [0, 0.1) is 0 Å². The van der Waals surface area contributed by atoms with Gasteiger partial charge in [0.05, 0.1) is 6.54 Å². The maximum Gasteiger partial charge on any atom is 0.188 e. The van der Waals surface area contributed by atoms with E-state index in [4.69, 9.17) is 5.11 Å². The summed E-state index contributed by atoms with van der Waals surface area (Å²) in [5.74, 6) is 0.903. The standard InChI is InChI=1S/C10H13N5O/c1-7(8-2-4-9(16)5-3-8)11-6-10-12-14-15-13-10/h2-5,7,11,16H,6H2,1H3,(H,12,13,14,15). The topological polar surface area (TPSA) is 86.7 Å². The molecule has 0 aliphatic carbocycles. The molecular weight excluding hydrogens is 206 g/mol. The molecule has 6 heteroatoms. The molecule has 0 spiro atoms. The largest absolute Gasteiger partial charge is 0.508 e. The van der Waals surface area contributed by atoms with E-state index in [0.717, 1.165) is 5.56 Å². The molecule has 1 unspecified atom stereocenters. The van der Waals surface area contributed by atoms with Gasteiger partial charge in [-0.3, -0.25) is 0 Å². The van der Waals surface area contributed by atoms with Gasteiger partial charge in [0.25, 0.3) is 0 Å². The number of nitrogens with zero attached hydrogens (tertiary/aromatic N) is 3. The van der Waals surface area contributed by atoms with Crippen LogP contribution in [-0.2, 0) is 6.54 Å². The summed E-state index contributed by atoms with van der Waals surface area (Å²) in [5, 5.41) is 26.0. The van der Waals surface area contributed by atoms with E-state index in [2.05, 4.69) is 25.9 Å². The molecule has 0 saturated heterocycles. The molecule has 3 N–H and O–H groups in total. The van der Waals surface area contributed by atoms with Crippen LogP contribution in [-0.4, -0.2) is 25.7 Å². The van der Waals surface area contributed by atoms with Crippen LogP contribution in [0.4, 0.5) is 0 Å². The second-order valence-corrected chi connectivity index (χ2v) is 3.52. The Hall–Kier alpha value is -1.95. The number of tetrazole rings is 1. The lowest BCUT2D eigenvalue weighted by molar-refractivity contribution is 0.474. The zero-order chi connectivity index (χ0) is 11.4. The zero-order valence-corrected chi connectivity index (χ0v) is 8.88. The van der Waals surface area contributed by atoms with Crippen LogP contribution in [0.3, 0.4) is 0 Å². The quantitative estimate of drug-likeness (QED) is 0.706. The molecule has 0 radical (unpaired) electrons. The average Bonchev–Trinajstić information content (AvgIpc) is 2.80. The highest BCUT2D eigenvalue weighted by atomic mass is 16.3. The first kappa shape index (κ1) is 10.6. The molecule has 0 aliphatic rings. The molecule has 0 aliphatic heterocycles. The highest BCUT2D eigenvalue weighted by molar-refractivity contribution is 5.27. The van der Waals surface area contributed by atoms with Gasteiger partial charge in [0.2, 0.25) is 0 Å². The Bertz CT molecular complexity index is 425. The Morgan fingerprint density at radius 1 is 1.38 bits per heavy atom. The molecule has 0 bridgehead atoms. The summed E-state index contributed by atoms with van der Waals surface area (Å²) in [6, 6.07) is 7.26. The van der Waals surface area contributed by atoms with Gasteiger partial charge in [0, 0.05) is 6.04 Å². The maximum absolute atomic E-state index is 9.17. The normalized spacial score (nSPS) is 12.6. The van der Waals surface area contributed by atoms with Crippen LogP contribution >= 0.6 is 0 Å². The summed E-state index contributed by atoms with van der Waals surface area (Å²) in [4.78, 5) is 0. The van der Waals surface area contributed by atoms with Crippen LogP contribution in [0.2, 0.25) is 0 Å². The Balaban J connectivity index is 1.93. The monoisotopic (exact) mass is 219 g/mol. The molecule has 0 saturated carbocycles. The lowest BCUT2D eigenvalue weighted by Gasteiger charge is -2.12. The molecule has 1 heterocycles. The molecule has 16 heavy (non-hydrogen) atoms. The van der Waals surface area contributed by atoms with E-state index in [1.54, 1.807) is 12.1 Å². The lowest BCUT2D eigenvalue weighted by atomic mass is 10.1. The van der Waals surface area contributed by atoms with Gasteiger partial charge in [0.15, 0.2) is 5.82 Å². The third kappa shape index (κ3) is 2.54. The Kier molecular flexibility index (Phi) is 3.11. The van der Waals surface area contributed by atoms with E-state index in [-0.39, 0.29) is 11.8 Å². The zero-order valence-electron chi connectivity index (χ0n) is 8.88. The Morgan fingerprint density at radius 3 is 2.75 bits per heavy atom. The van der Waals surface area contributed by atoms with E-state index < -0.39 is 0 Å². The second kappa shape index (κ2) is 4.71. The van der Waals surface area contributed by atoms with E-state index in [9.17, 15) is 0 Å². The van der Waals surface area contributed by atoms with Gasteiger partial charge in [-0.2, -0.15) is 5.21 Å². The first-order chi connectivity index (χ1) is 7.75. The van der Waals surface area contributed by atoms with Crippen molar-refractivity contribution in [3.63, 3.8) is 0 Å². The molecular formula is C10H13N5O. The van der Waals surface area contributed by atoms with Crippen LogP contribution in [0.15, 0.2) is 24.3 Å². The number of H-pyrrole nitrogens is 1. The first-order valence-corrected chi connectivity index (χ1v) is 5.00.